The van der Waals surface area contributed by atoms with Crippen LogP contribution in [0.4, 0.5) is 0 Å². The number of nitrogens with one attached hydrogen (secondary N) is 1. The van der Waals surface area contributed by atoms with Gasteiger partial charge in [-0.15, -0.1) is 0 Å². The van der Waals surface area contributed by atoms with Gasteiger partial charge in [0.2, 0.25) is 0 Å². The molecule has 0 radical (unpaired) electrons. The highest BCUT2D eigenvalue weighted by Crippen LogP contribution is 2.37. The number of aryl methyl sites for hydroxylation is 1. The third kappa shape index (κ3) is 1.87. The first kappa shape index (κ1) is 12.1. The van der Waals surface area contributed by atoms with E-state index in [1.165, 1.54) is 12.7 Å². The summed E-state index contributed by atoms with van der Waals surface area (Å²) in [5.74, 6) is 0.529. The third-order valence-electron chi connectivity index (χ3n) is 3.90. The fourth-order valence-corrected chi connectivity index (χ4v) is 2.95. The van der Waals surface area contributed by atoms with Crippen molar-refractivity contribution in [2.24, 2.45) is 0 Å². The first-order valence-corrected chi connectivity index (χ1v) is 6.51. The first-order valence-electron chi connectivity index (χ1n) is 6.51. The van der Waals surface area contributed by atoms with Crippen LogP contribution in [0.25, 0.3) is 10.9 Å². The van der Waals surface area contributed by atoms with Gasteiger partial charge in [-0.05, 0) is 43.0 Å². The third-order valence-corrected chi connectivity index (χ3v) is 3.90. The van der Waals surface area contributed by atoms with Crippen LogP contribution in [0.3, 0.4) is 0 Å². The summed E-state index contributed by atoms with van der Waals surface area (Å²) < 4.78 is 10.2. The lowest BCUT2D eigenvalue weighted by Crippen LogP contribution is -2.19. The summed E-state index contributed by atoms with van der Waals surface area (Å²) in [6.07, 6.45) is 2.86. The van der Waals surface area contributed by atoms with Crippen molar-refractivity contribution >= 4 is 16.9 Å². The van der Waals surface area contributed by atoms with Gasteiger partial charge in [0.25, 0.3) is 0 Å². The standard InChI is InChI=1S/C15H17NO3/c1-18-9-6-7-13-12(8-9)10-4-3-5-11(14(10)16-13)15(17)19-2/h6-8,11,16H,3-5H2,1-2H3/t11-/m1/s1. The molecule has 0 amide bonds. The average molecular weight is 259 g/mol. The number of rotatable bonds is 2. The zero-order valence-electron chi connectivity index (χ0n) is 11.2. The molecule has 0 fully saturated rings. The van der Waals surface area contributed by atoms with Crippen molar-refractivity contribution in [2.45, 2.75) is 25.2 Å². The number of esters is 1. The van der Waals surface area contributed by atoms with Crippen molar-refractivity contribution in [3.63, 3.8) is 0 Å². The Kier molecular flexibility index (Phi) is 2.93. The van der Waals surface area contributed by atoms with Gasteiger partial charge in [0.1, 0.15) is 5.75 Å². The predicted octanol–water partition coefficient (Wildman–Crippen LogP) is 2.77. The van der Waals surface area contributed by atoms with Gasteiger partial charge in [0.05, 0.1) is 20.1 Å². The second-order valence-corrected chi connectivity index (χ2v) is 4.90. The number of ether oxygens (including phenoxy) is 2. The Balaban J connectivity index is 2.15. The molecule has 1 aliphatic rings. The Morgan fingerprint density at radius 1 is 1.37 bits per heavy atom. The smallest absolute Gasteiger partial charge is 0.314 e. The molecule has 1 heterocycles. The number of hydrogen-bond donors (Lipinski definition) is 1. The molecule has 0 bridgehead atoms. The minimum atomic E-state index is -0.160. The summed E-state index contributed by atoms with van der Waals surface area (Å²) in [4.78, 5) is 15.2. The maximum absolute atomic E-state index is 11.9. The minimum Gasteiger partial charge on any atom is -0.497 e. The molecule has 0 aliphatic heterocycles. The Labute approximate surface area is 111 Å². The van der Waals surface area contributed by atoms with Crippen LogP contribution in [0.1, 0.15) is 30.0 Å². The van der Waals surface area contributed by atoms with Gasteiger partial charge < -0.3 is 14.5 Å². The number of aromatic amines is 1. The highest BCUT2D eigenvalue weighted by atomic mass is 16.5. The Morgan fingerprint density at radius 2 is 2.21 bits per heavy atom. The number of methoxy groups -OCH3 is 2. The second-order valence-electron chi connectivity index (χ2n) is 4.90. The largest absolute Gasteiger partial charge is 0.497 e. The van der Waals surface area contributed by atoms with E-state index < -0.39 is 0 Å². The lowest BCUT2D eigenvalue weighted by Gasteiger charge is -2.20. The van der Waals surface area contributed by atoms with Crippen LogP contribution in [-0.4, -0.2) is 25.2 Å². The summed E-state index contributed by atoms with van der Waals surface area (Å²) >= 11 is 0. The zero-order valence-corrected chi connectivity index (χ0v) is 11.2. The molecule has 0 unspecified atom stereocenters. The van der Waals surface area contributed by atoms with Crippen molar-refractivity contribution in [2.75, 3.05) is 14.2 Å². The van der Waals surface area contributed by atoms with Crippen LogP contribution < -0.4 is 4.74 Å². The second kappa shape index (κ2) is 4.61. The Morgan fingerprint density at radius 3 is 2.95 bits per heavy atom. The number of aromatic nitrogens is 1. The van der Waals surface area contributed by atoms with E-state index in [0.717, 1.165) is 41.6 Å². The van der Waals surface area contributed by atoms with Crippen LogP contribution in [0.15, 0.2) is 18.2 Å². The number of carbonyl (C=O) groups excluding carboxylic acids is 1. The number of benzene rings is 1. The van der Waals surface area contributed by atoms with E-state index in [9.17, 15) is 4.79 Å². The molecule has 1 aliphatic carbocycles. The van der Waals surface area contributed by atoms with E-state index in [1.807, 2.05) is 18.2 Å². The van der Waals surface area contributed by atoms with Crippen LogP contribution >= 0.6 is 0 Å². The van der Waals surface area contributed by atoms with Crippen molar-refractivity contribution in [1.82, 2.24) is 4.98 Å². The van der Waals surface area contributed by atoms with Gasteiger partial charge >= 0.3 is 5.97 Å². The molecule has 0 saturated carbocycles. The van der Waals surface area contributed by atoms with Crippen LogP contribution in [0.2, 0.25) is 0 Å². The topological polar surface area (TPSA) is 51.3 Å². The Bertz CT molecular complexity index is 630. The molecule has 4 heteroatoms. The zero-order chi connectivity index (χ0) is 13.4. The van der Waals surface area contributed by atoms with Gasteiger partial charge in [0, 0.05) is 16.6 Å². The summed E-state index contributed by atoms with van der Waals surface area (Å²) in [7, 11) is 3.11. The molecular weight excluding hydrogens is 242 g/mol. The van der Waals surface area contributed by atoms with E-state index >= 15 is 0 Å². The van der Waals surface area contributed by atoms with Crippen LogP contribution in [0, 0.1) is 0 Å². The fourth-order valence-electron chi connectivity index (χ4n) is 2.95. The van der Waals surface area contributed by atoms with E-state index in [0.29, 0.717) is 0 Å². The van der Waals surface area contributed by atoms with Crippen LogP contribution in [0.5, 0.6) is 5.75 Å². The molecule has 3 rings (SSSR count). The quantitative estimate of drug-likeness (QED) is 0.844. The highest BCUT2D eigenvalue weighted by molar-refractivity contribution is 5.89. The molecule has 1 N–H and O–H groups in total. The molecular formula is C15H17NO3. The minimum absolute atomic E-state index is 0.153. The number of hydrogen-bond acceptors (Lipinski definition) is 3. The molecule has 1 aromatic carbocycles. The number of fused-ring (bicyclic) bond motifs is 3. The van der Waals surface area contributed by atoms with E-state index in [2.05, 4.69) is 4.98 Å². The van der Waals surface area contributed by atoms with Crippen molar-refractivity contribution in [1.29, 1.82) is 0 Å². The summed E-state index contributed by atoms with van der Waals surface area (Å²) in [5, 5.41) is 1.16. The molecule has 0 saturated heterocycles. The molecule has 1 atom stereocenters. The van der Waals surface area contributed by atoms with Crippen molar-refractivity contribution in [3.8, 4) is 5.75 Å². The van der Waals surface area contributed by atoms with Crippen LogP contribution in [-0.2, 0) is 16.0 Å². The summed E-state index contributed by atoms with van der Waals surface area (Å²) in [6.45, 7) is 0. The van der Waals surface area contributed by atoms with E-state index in [1.54, 1.807) is 7.11 Å². The average Bonchev–Trinajstić information content (AvgIpc) is 2.83. The van der Waals surface area contributed by atoms with E-state index in [-0.39, 0.29) is 11.9 Å². The molecule has 0 spiro atoms. The van der Waals surface area contributed by atoms with Gasteiger partial charge in [-0.3, -0.25) is 4.79 Å². The number of H-pyrrole nitrogens is 1. The van der Waals surface area contributed by atoms with Crippen molar-refractivity contribution < 1.29 is 14.3 Å². The molecule has 2 aromatic rings. The summed E-state index contributed by atoms with van der Waals surface area (Å²) in [5.41, 5.74) is 3.30. The van der Waals surface area contributed by atoms with E-state index in [4.69, 9.17) is 9.47 Å². The van der Waals surface area contributed by atoms with Crippen molar-refractivity contribution in [3.05, 3.63) is 29.5 Å². The summed E-state index contributed by atoms with van der Waals surface area (Å²) in [6, 6.07) is 5.96. The predicted molar refractivity (Wildman–Crippen MR) is 72.5 cm³/mol. The molecule has 1 aromatic heterocycles. The van der Waals surface area contributed by atoms with Gasteiger partial charge in [-0.25, -0.2) is 0 Å². The lowest BCUT2D eigenvalue weighted by molar-refractivity contribution is -0.142. The number of carbonyl (C=O) groups is 1. The maximum atomic E-state index is 11.9. The molecule has 100 valence electrons. The molecule has 19 heavy (non-hydrogen) atoms. The fraction of sp³-hybridized carbons (Fsp3) is 0.400. The SMILES string of the molecule is COC(=O)[C@@H]1CCCc2c1[nH]c1ccc(OC)cc21. The Hall–Kier alpha value is -1.97. The highest BCUT2D eigenvalue weighted by Gasteiger charge is 2.30. The van der Waals surface area contributed by atoms with Gasteiger partial charge in [0.15, 0.2) is 0 Å². The first-order chi connectivity index (χ1) is 9.24. The monoisotopic (exact) mass is 259 g/mol. The molecule has 4 nitrogen and oxygen atoms in total. The maximum Gasteiger partial charge on any atom is 0.314 e. The van der Waals surface area contributed by atoms with Gasteiger partial charge in [-0.1, -0.05) is 0 Å². The normalized spacial score (nSPS) is 18.1. The van der Waals surface area contributed by atoms with Gasteiger partial charge in [-0.2, -0.15) is 0 Å². The lowest BCUT2D eigenvalue weighted by atomic mass is 9.87.